The van der Waals surface area contributed by atoms with E-state index in [-0.39, 0.29) is 29.8 Å². The molecule has 2 heterocycles. The molecule has 2 N–H and O–H groups in total. The van der Waals surface area contributed by atoms with Crippen LogP contribution in [0.3, 0.4) is 0 Å². The quantitative estimate of drug-likeness (QED) is 0.258. The molecule has 34 heavy (non-hydrogen) atoms. The number of rotatable bonds is 16. The van der Waals surface area contributed by atoms with Gasteiger partial charge in [-0.25, -0.2) is 9.48 Å². The van der Waals surface area contributed by atoms with Crippen molar-refractivity contribution in [1.82, 2.24) is 30.5 Å². The van der Waals surface area contributed by atoms with Crippen LogP contribution in [-0.2, 0) is 36.9 Å². The highest BCUT2D eigenvalue weighted by Crippen LogP contribution is 2.16. The van der Waals surface area contributed by atoms with Gasteiger partial charge in [0.1, 0.15) is 5.69 Å². The Bertz CT molecular complexity index is 801. The monoisotopic (exact) mass is 480 g/mol. The standard InChI is InChI=1S/C22H36N6O6/c1-22(2,3)6-7-23-21(31)24-8-10-32-12-14-34-15-13-33-11-9-27-16-18(25-26-27)17-28-19(29)4-5-20(28)30/h4-5,16H,6-15,17H2,1-3H3,(H2,23,24,31). The lowest BCUT2D eigenvalue weighted by Crippen LogP contribution is -2.38. The fourth-order valence-electron chi connectivity index (χ4n) is 2.82. The lowest BCUT2D eigenvalue weighted by molar-refractivity contribution is -0.137. The van der Waals surface area contributed by atoms with Crippen LogP contribution < -0.4 is 10.6 Å². The number of ether oxygens (including phenoxy) is 3. The maximum atomic E-state index is 11.6. The molecule has 0 unspecified atom stereocenters. The van der Waals surface area contributed by atoms with Crippen LogP contribution in [0.1, 0.15) is 32.9 Å². The molecule has 12 heteroatoms. The number of hydrogen-bond acceptors (Lipinski definition) is 8. The molecule has 1 aromatic heterocycles. The van der Waals surface area contributed by atoms with Crippen LogP contribution in [0.5, 0.6) is 0 Å². The number of nitrogens with zero attached hydrogens (tertiary/aromatic N) is 4. The van der Waals surface area contributed by atoms with Gasteiger partial charge in [0.2, 0.25) is 0 Å². The number of carbonyl (C=O) groups excluding carboxylic acids is 3. The number of hydrogen-bond donors (Lipinski definition) is 2. The van der Waals surface area contributed by atoms with E-state index in [1.807, 2.05) is 0 Å². The molecule has 0 spiro atoms. The Kier molecular flexibility index (Phi) is 11.6. The maximum Gasteiger partial charge on any atom is 0.314 e. The highest BCUT2D eigenvalue weighted by Gasteiger charge is 2.24. The summed E-state index contributed by atoms with van der Waals surface area (Å²) in [4.78, 5) is 35.9. The number of imide groups is 1. The van der Waals surface area contributed by atoms with Crippen molar-refractivity contribution in [2.45, 2.75) is 40.3 Å². The molecular weight excluding hydrogens is 444 g/mol. The van der Waals surface area contributed by atoms with Crippen molar-refractivity contribution in [2.24, 2.45) is 5.41 Å². The summed E-state index contributed by atoms with van der Waals surface area (Å²) in [5.74, 6) is -0.696. The van der Waals surface area contributed by atoms with Gasteiger partial charge in [-0.3, -0.25) is 14.5 Å². The summed E-state index contributed by atoms with van der Waals surface area (Å²) in [6.07, 6.45) is 5.08. The van der Waals surface area contributed by atoms with E-state index in [1.165, 1.54) is 12.2 Å². The molecule has 0 saturated carbocycles. The van der Waals surface area contributed by atoms with E-state index in [1.54, 1.807) is 10.9 Å². The first kappa shape index (κ1) is 27.4. The fourth-order valence-corrected chi connectivity index (χ4v) is 2.82. The van der Waals surface area contributed by atoms with Gasteiger partial charge in [-0.1, -0.05) is 26.0 Å². The fraction of sp³-hybridized carbons (Fsp3) is 0.682. The number of aromatic nitrogens is 3. The summed E-state index contributed by atoms with van der Waals surface area (Å²) < 4.78 is 18.0. The maximum absolute atomic E-state index is 11.6. The van der Waals surface area contributed by atoms with Gasteiger partial charge >= 0.3 is 6.03 Å². The van der Waals surface area contributed by atoms with Gasteiger partial charge < -0.3 is 24.8 Å². The summed E-state index contributed by atoms with van der Waals surface area (Å²) in [6, 6.07) is -0.183. The zero-order chi connectivity index (χ0) is 24.8. The van der Waals surface area contributed by atoms with Crippen molar-refractivity contribution in [3.63, 3.8) is 0 Å². The van der Waals surface area contributed by atoms with Crippen molar-refractivity contribution < 1.29 is 28.6 Å². The van der Waals surface area contributed by atoms with Crippen molar-refractivity contribution in [3.05, 3.63) is 24.0 Å². The smallest absolute Gasteiger partial charge is 0.314 e. The zero-order valence-electron chi connectivity index (χ0n) is 20.2. The van der Waals surface area contributed by atoms with E-state index in [4.69, 9.17) is 14.2 Å². The molecule has 1 aliphatic heterocycles. The third-order valence-corrected chi connectivity index (χ3v) is 4.71. The lowest BCUT2D eigenvalue weighted by atomic mass is 9.92. The van der Waals surface area contributed by atoms with Crippen LogP contribution >= 0.6 is 0 Å². The normalized spacial score (nSPS) is 13.7. The van der Waals surface area contributed by atoms with Gasteiger partial charge in [0.15, 0.2) is 0 Å². The minimum absolute atomic E-state index is 0.0993. The number of amides is 4. The predicted molar refractivity (Wildman–Crippen MR) is 123 cm³/mol. The van der Waals surface area contributed by atoms with Gasteiger partial charge in [-0.05, 0) is 11.8 Å². The van der Waals surface area contributed by atoms with Gasteiger partial charge in [0.05, 0.1) is 58.9 Å². The topological polar surface area (TPSA) is 137 Å². The summed E-state index contributed by atoms with van der Waals surface area (Å²) >= 11 is 0. The van der Waals surface area contributed by atoms with Gasteiger partial charge in [0, 0.05) is 25.2 Å². The van der Waals surface area contributed by atoms with Crippen LogP contribution in [0, 0.1) is 5.41 Å². The first-order valence-corrected chi connectivity index (χ1v) is 11.4. The first-order chi connectivity index (χ1) is 16.2. The van der Waals surface area contributed by atoms with E-state index in [2.05, 4.69) is 41.7 Å². The van der Waals surface area contributed by atoms with Crippen LogP contribution in [0.15, 0.2) is 18.3 Å². The van der Waals surface area contributed by atoms with E-state index in [0.717, 1.165) is 11.3 Å². The summed E-state index contributed by atoms with van der Waals surface area (Å²) in [5.41, 5.74) is 0.728. The van der Waals surface area contributed by atoms with Crippen molar-refractivity contribution in [3.8, 4) is 0 Å². The Balaban J connectivity index is 1.38. The molecule has 0 saturated heterocycles. The number of nitrogens with one attached hydrogen (secondary N) is 2. The van der Waals surface area contributed by atoms with Crippen molar-refractivity contribution in [2.75, 3.05) is 52.7 Å². The molecule has 0 aromatic carbocycles. The van der Waals surface area contributed by atoms with Crippen LogP contribution in [0.4, 0.5) is 4.79 Å². The third kappa shape index (κ3) is 11.3. The molecular formula is C22H36N6O6. The van der Waals surface area contributed by atoms with Crippen LogP contribution in [0.25, 0.3) is 0 Å². The van der Waals surface area contributed by atoms with Gasteiger partial charge in [-0.15, -0.1) is 5.10 Å². The Hall–Kier alpha value is -2.83. The minimum Gasteiger partial charge on any atom is -0.377 e. The van der Waals surface area contributed by atoms with Crippen molar-refractivity contribution >= 4 is 17.8 Å². The Morgan fingerprint density at radius 2 is 1.50 bits per heavy atom. The van der Waals surface area contributed by atoms with Gasteiger partial charge in [-0.2, -0.15) is 0 Å². The number of carbonyl (C=O) groups is 3. The molecule has 2 rings (SSSR count). The molecule has 12 nitrogen and oxygen atoms in total. The SMILES string of the molecule is CC(C)(C)CCNC(=O)NCCOCCOCCOCCn1cc(CN2C(=O)C=CC2=O)nn1. The average molecular weight is 481 g/mol. The van der Waals surface area contributed by atoms with E-state index < -0.39 is 0 Å². The van der Waals surface area contributed by atoms with E-state index >= 15 is 0 Å². The Morgan fingerprint density at radius 1 is 0.912 bits per heavy atom. The second-order valence-electron chi connectivity index (χ2n) is 8.90. The van der Waals surface area contributed by atoms with Gasteiger partial charge in [0.25, 0.3) is 11.8 Å². The minimum atomic E-state index is -0.348. The Labute approximate surface area is 200 Å². The second-order valence-corrected chi connectivity index (χ2v) is 8.90. The highest BCUT2D eigenvalue weighted by molar-refractivity contribution is 6.12. The third-order valence-electron chi connectivity index (χ3n) is 4.71. The lowest BCUT2D eigenvalue weighted by Gasteiger charge is -2.18. The molecule has 0 atom stereocenters. The first-order valence-electron chi connectivity index (χ1n) is 11.4. The zero-order valence-corrected chi connectivity index (χ0v) is 20.2. The molecule has 1 aliphatic rings. The van der Waals surface area contributed by atoms with Crippen LogP contribution in [-0.4, -0.2) is 90.5 Å². The molecule has 1 aromatic rings. The molecule has 0 aliphatic carbocycles. The molecule has 0 radical (unpaired) electrons. The molecule has 0 bridgehead atoms. The largest absolute Gasteiger partial charge is 0.377 e. The summed E-state index contributed by atoms with van der Waals surface area (Å²) in [7, 11) is 0. The molecule has 0 fully saturated rings. The van der Waals surface area contributed by atoms with Crippen molar-refractivity contribution in [1.29, 1.82) is 0 Å². The predicted octanol–water partition coefficient (Wildman–Crippen LogP) is 0.488. The summed E-state index contributed by atoms with van der Waals surface area (Å²) in [5, 5.41) is 13.5. The highest BCUT2D eigenvalue weighted by atomic mass is 16.5. The van der Waals surface area contributed by atoms with Crippen LogP contribution in [0.2, 0.25) is 0 Å². The average Bonchev–Trinajstić information content (AvgIpc) is 3.35. The van der Waals surface area contributed by atoms with E-state index in [9.17, 15) is 14.4 Å². The number of urea groups is 1. The van der Waals surface area contributed by atoms with E-state index in [0.29, 0.717) is 65.0 Å². The Morgan fingerprint density at radius 3 is 2.15 bits per heavy atom. The second kappa shape index (κ2) is 14.4. The summed E-state index contributed by atoms with van der Waals surface area (Å²) in [6.45, 7) is 10.7. The molecule has 190 valence electrons. The molecule has 4 amide bonds.